The maximum atomic E-state index is 8.85. The molecule has 0 saturated heterocycles. The van der Waals surface area contributed by atoms with Gasteiger partial charge in [-0.2, -0.15) is 5.26 Å². The summed E-state index contributed by atoms with van der Waals surface area (Å²) in [6, 6.07) is 2.04. The van der Waals surface area contributed by atoms with Gasteiger partial charge in [0.1, 0.15) is 6.07 Å². The lowest BCUT2D eigenvalue weighted by Gasteiger charge is -2.17. The molecule has 0 aromatic carbocycles. The Kier molecular flexibility index (Phi) is 2.91. The first-order valence-electron chi connectivity index (χ1n) is 5.43. The summed E-state index contributed by atoms with van der Waals surface area (Å²) in [5, 5.41) is 11.7. The van der Waals surface area contributed by atoms with Crippen LogP contribution in [0, 0.1) is 11.3 Å². The van der Waals surface area contributed by atoms with E-state index in [9.17, 15) is 0 Å². The highest BCUT2D eigenvalue weighted by atomic mass is 16.4. The smallest absolute Gasteiger partial charge is 0.231 e. The van der Waals surface area contributed by atoms with Crippen LogP contribution in [0.15, 0.2) is 4.42 Å². The van der Waals surface area contributed by atoms with Crippen molar-refractivity contribution in [3.8, 4) is 6.07 Å². The first-order chi connectivity index (χ1) is 7.35. The van der Waals surface area contributed by atoms with Crippen LogP contribution < -0.4 is 5.32 Å². The second kappa shape index (κ2) is 4.35. The molecule has 0 radical (unpaired) electrons. The average Bonchev–Trinajstić information content (AvgIpc) is 2.73. The monoisotopic (exact) mass is 205 g/mol. The molecule has 0 bridgehead atoms. The van der Waals surface area contributed by atoms with E-state index in [1.807, 2.05) is 6.07 Å². The van der Waals surface area contributed by atoms with E-state index in [-0.39, 0.29) is 0 Å². The van der Waals surface area contributed by atoms with Crippen molar-refractivity contribution in [2.45, 2.75) is 38.0 Å². The van der Waals surface area contributed by atoms with Crippen molar-refractivity contribution >= 4 is 5.88 Å². The van der Waals surface area contributed by atoms with Crippen LogP contribution in [0.4, 0.5) is 5.88 Å². The van der Waals surface area contributed by atoms with Gasteiger partial charge in [-0.3, -0.25) is 0 Å². The molecule has 4 heteroatoms. The summed E-state index contributed by atoms with van der Waals surface area (Å²) in [7, 11) is 1.74. The second-order valence-corrected chi connectivity index (χ2v) is 3.93. The lowest BCUT2D eigenvalue weighted by atomic mass is 9.89. The molecule has 0 spiro atoms. The molecule has 0 aliphatic heterocycles. The predicted octanol–water partition coefficient (Wildman–Crippen LogP) is 2.64. The largest absolute Gasteiger partial charge is 0.424 e. The number of anilines is 1. The number of nitrogens with zero attached hydrogens (tertiary/aromatic N) is 2. The predicted molar refractivity (Wildman–Crippen MR) is 56.6 cm³/mol. The second-order valence-electron chi connectivity index (χ2n) is 3.93. The highest BCUT2D eigenvalue weighted by Gasteiger charge is 2.22. The van der Waals surface area contributed by atoms with Gasteiger partial charge in [0, 0.05) is 13.0 Å². The van der Waals surface area contributed by atoms with Gasteiger partial charge in [-0.05, 0) is 12.8 Å². The van der Waals surface area contributed by atoms with Gasteiger partial charge < -0.3 is 9.73 Å². The SMILES string of the molecule is CNc1oc(C2CCCCC2)nc1C#N. The topological polar surface area (TPSA) is 61.9 Å². The molecule has 0 atom stereocenters. The van der Waals surface area contributed by atoms with Crippen LogP contribution in [0.3, 0.4) is 0 Å². The van der Waals surface area contributed by atoms with Crippen molar-refractivity contribution in [2.75, 3.05) is 12.4 Å². The van der Waals surface area contributed by atoms with E-state index in [4.69, 9.17) is 9.68 Å². The van der Waals surface area contributed by atoms with Gasteiger partial charge in [0.25, 0.3) is 0 Å². The van der Waals surface area contributed by atoms with Crippen molar-refractivity contribution in [3.05, 3.63) is 11.6 Å². The summed E-state index contributed by atoms with van der Waals surface area (Å²) in [5.41, 5.74) is 0.373. The molecule has 1 aromatic heterocycles. The zero-order chi connectivity index (χ0) is 10.7. The van der Waals surface area contributed by atoms with E-state index in [2.05, 4.69) is 10.3 Å². The molecule has 0 unspecified atom stereocenters. The Morgan fingerprint density at radius 2 is 2.13 bits per heavy atom. The standard InChI is InChI=1S/C11H15N3O/c1-13-11-9(7-12)14-10(15-11)8-5-3-2-4-6-8/h8,13H,2-6H2,1H3. The van der Waals surface area contributed by atoms with Gasteiger partial charge in [0.15, 0.2) is 0 Å². The zero-order valence-electron chi connectivity index (χ0n) is 8.92. The Hall–Kier alpha value is -1.50. The fraction of sp³-hybridized carbons (Fsp3) is 0.636. The van der Waals surface area contributed by atoms with Crippen LogP contribution in [0.25, 0.3) is 0 Å². The van der Waals surface area contributed by atoms with Crippen molar-refractivity contribution in [1.29, 1.82) is 5.26 Å². The molecular formula is C11H15N3O. The van der Waals surface area contributed by atoms with Crippen LogP contribution in [0.5, 0.6) is 0 Å². The number of rotatable bonds is 2. The third-order valence-corrected chi connectivity index (χ3v) is 2.93. The molecule has 1 aliphatic carbocycles. The quantitative estimate of drug-likeness (QED) is 0.806. The molecule has 1 aliphatic rings. The highest BCUT2D eigenvalue weighted by molar-refractivity contribution is 5.44. The van der Waals surface area contributed by atoms with Crippen LogP contribution in [0.2, 0.25) is 0 Å². The van der Waals surface area contributed by atoms with E-state index in [0.717, 1.165) is 18.7 Å². The summed E-state index contributed by atoms with van der Waals surface area (Å²) in [6.45, 7) is 0. The minimum Gasteiger partial charge on any atom is -0.424 e. The molecule has 2 rings (SSSR count). The Bertz CT molecular complexity index is 372. The summed E-state index contributed by atoms with van der Waals surface area (Å²) < 4.78 is 5.55. The van der Waals surface area contributed by atoms with Gasteiger partial charge in [-0.25, -0.2) is 4.98 Å². The molecule has 1 saturated carbocycles. The Balaban J connectivity index is 2.21. The lowest BCUT2D eigenvalue weighted by Crippen LogP contribution is -2.04. The van der Waals surface area contributed by atoms with Crippen molar-refractivity contribution in [2.24, 2.45) is 0 Å². The molecular weight excluding hydrogens is 190 g/mol. The number of hydrogen-bond donors (Lipinski definition) is 1. The van der Waals surface area contributed by atoms with E-state index in [1.54, 1.807) is 7.05 Å². The molecule has 1 heterocycles. The number of nitriles is 1. The summed E-state index contributed by atoms with van der Waals surface area (Å²) >= 11 is 0. The molecule has 1 aromatic rings. The van der Waals surface area contributed by atoms with Crippen LogP contribution >= 0.6 is 0 Å². The summed E-state index contributed by atoms with van der Waals surface area (Å²) in [6.07, 6.45) is 6.05. The van der Waals surface area contributed by atoms with Gasteiger partial charge in [0.2, 0.25) is 17.5 Å². The Morgan fingerprint density at radius 1 is 1.40 bits per heavy atom. The molecule has 15 heavy (non-hydrogen) atoms. The molecule has 4 nitrogen and oxygen atoms in total. The molecule has 80 valence electrons. The van der Waals surface area contributed by atoms with E-state index in [1.165, 1.54) is 19.3 Å². The number of aromatic nitrogens is 1. The van der Waals surface area contributed by atoms with Gasteiger partial charge >= 0.3 is 0 Å². The Morgan fingerprint density at radius 3 is 2.67 bits per heavy atom. The molecule has 0 amide bonds. The minimum atomic E-state index is 0.373. The van der Waals surface area contributed by atoms with Crippen LogP contribution in [-0.2, 0) is 0 Å². The summed E-state index contributed by atoms with van der Waals surface area (Å²) in [4.78, 5) is 4.23. The lowest BCUT2D eigenvalue weighted by molar-refractivity contribution is 0.368. The van der Waals surface area contributed by atoms with E-state index >= 15 is 0 Å². The summed E-state index contributed by atoms with van der Waals surface area (Å²) in [5.74, 6) is 1.64. The van der Waals surface area contributed by atoms with Crippen molar-refractivity contribution in [1.82, 2.24) is 4.98 Å². The normalized spacial score (nSPS) is 17.3. The first kappa shape index (κ1) is 10.0. The number of nitrogens with one attached hydrogen (secondary N) is 1. The maximum absolute atomic E-state index is 8.85. The van der Waals surface area contributed by atoms with E-state index < -0.39 is 0 Å². The van der Waals surface area contributed by atoms with Crippen molar-refractivity contribution < 1.29 is 4.42 Å². The maximum Gasteiger partial charge on any atom is 0.231 e. The van der Waals surface area contributed by atoms with Crippen LogP contribution in [0.1, 0.15) is 49.6 Å². The Labute approximate surface area is 89.3 Å². The van der Waals surface area contributed by atoms with Crippen LogP contribution in [-0.4, -0.2) is 12.0 Å². The third kappa shape index (κ3) is 1.96. The average molecular weight is 205 g/mol. The fourth-order valence-electron chi connectivity index (χ4n) is 2.11. The molecule has 1 fully saturated rings. The fourth-order valence-corrected chi connectivity index (χ4v) is 2.11. The zero-order valence-corrected chi connectivity index (χ0v) is 8.92. The van der Waals surface area contributed by atoms with Crippen molar-refractivity contribution in [3.63, 3.8) is 0 Å². The minimum absolute atomic E-state index is 0.373. The first-order valence-corrected chi connectivity index (χ1v) is 5.43. The number of oxazole rings is 1. The molecule has 1 N–H and O–H groups in total. The third-order valence-electron chi connectivity index (χ3n) is 2.93. The number of hydrogen-bond acceptors (Lipinski definition) is 4. The van der Waals surface area contributed by atoms with Gasteiger partial charge in [0.05, 0.1) is 0 Å². The van der Waals surface area contributed by atoms with Gasteiger partial charge in [-0.1, -0.05) is 19.3 Å². The highest BCUT2D eigenvalue weighted by Crippen LogP contribution is 2.33. The van der Waals surface area contributed by atoms with E-state index in [0.29, 0.717) is 17.5 Å². The van der Waals surface area contributed by atoms with Gasteiger partial charge in [-0.15, -0.1) is 0 Å².